The van der Waals surface area contributed by atoms with Gasteiger partial charge in [0.1, 0.15) is 6.61 Å². The average Bonchev–Trinajstić information content (AvgIpc) is 2.73. The zero-order valence-corrected chi connectivity index (χ0v) is 9.76. The van der Waals surface area contributed by atoms with Gasteiger partial charge in [-0.3, -0.25) is 0 Å². The van der Waals surface area contributed by atoms with E-state index in [0.717, 1.165) is 5.56 Å². The number of nitrogen functional groups attached to an aromatic ring is 1. The van der Waals surface area contributed by atoms with E-state index in [9.17, 15) is 9.59 Å². The van der Waals surface area contributed by atoms with E-state index in [4.69, 9.17) is 15.6 Å². The molecule has 18 heavy (non-hydrogen) atoms. The molecule has 0 bridgehead atoms. The molecule has 0 aromatic heterocycles. The molecule has 0 radical (unpaired) electrons. The number of cyclic esters (lactones) is 1. The van der Waals surface area contributed by atoms with Gasteiger partial charge in [0.05, 0.1) is 12.1 Å². The molecule has 1 fully saturated rings. The van der Waals surface area contributed by atoms with Crippen LogP contribution in [0.15, 0.2) is 18.2 Å². The zero-order valence-electron chi connectivity index (χ0n) is 9.76. The van der Waals surface area contributed by atoms with Crippen molar-refractivity contribution in [3.05, 3.63) is 29.3 Å². The molecular formula is C12H14N2O4. The quantitative estimate of drug-likeness (QED) is 0.776. The standard InChI is InChI=1S/C12H14N2O4/c13-10-2-1-8(7-9(10)11(15)16)3-4-14-5-6-18-12(14)17/h1-2,7H,3-6,13H2,(H,15,16). The summed E-state index contributed by atoms with van der Waals surface area (Å²) in [5.74, 6) is -1.05. The highest BCUT2D eigenvalue weighted by Gasteiger charge is 2.21. The Morgan fingerprint density at radius 1 is 1.50 bits per heavy atom. The summed E-state index contributed by atoms with van der Waals surface area (Å²) in [5.41, 5.74) is 6.74. The minimum atomic E-state index is -1.05. The van der Waals surface area contributed by atoms with Gasteiger partial charge in [0.2, 0.25) is 0 Å². The van der Waals surface area contributed by atoms with Crippen LogP contribution in [-0.2, 0) is 11.2 Å². The fourth-order valence-corrected chi connectivity index (χ4v) is 1.84. The molecule has 3 N–H and O–H groups in total. The third kappa shape index (κ3) is 2.53. The number of carbonyl (C=O) groups is 2. The summed E-state index contributed by atoms with van der Waals surface area (Å²) < 4.78 is 4.81. The molecule has 6 nitrogen and oxygen atoms in total. The molecule has 0 spiro atoms. The van der Waals surface area contributed by atoms with Gasteiger partial charge in [-0.05, 0) is 24.1 Å². The van der Waals surface area contributed by atoms with Crippen LogP contribution in [0, 0.1) is 0 Å². The second kappa shape index (κ2) is 4.95. The van der Waals surface area contributed by atoms with Crippen molar-refractivity contribution in [2.75, 3.05) is 25.4 Å². The summed E-state index contributed by atoms with van der Waals surface area (Å²) in [6.07, 6.45) is 0.263. The highest BCUT2D eigenvalue weighted by atomic mass is 16.6. The Morgan fingerprint density at radius 3 is 2.89 bits per heavy atom. The highest BCUT2D eigenvalue weighted by molar-refractivity contribution is 5.93. The van der Waals surface area contributed by atoms with E-state index in [2.05, 4.69) is 0 Å². The SMILES string of the molecule is Nc1ccc(CCN2CCOC2=O)cc1C(=O)O. The lowest BCUT2D eigenvalue weighted by Crippen LogP contribution is -2.26. The van der Waals surface area contributed by atoms with E-state index in [1.165, 1.54) is 0 Å². The number of carbonyl (C=O) groups excluding carboxylic acids is 1. The van der Waals surface area contributed by atoms with Gasteiger partial charge in [0.15, 0.2) is 0 Å². The fraction of sp³-hybridized carbons (Fsp3) is 0.333. The van der Waals surface area contributed by atoms with Crippen LogP contribution in [0.2, 0.25) is 0 Å². The van der Waals surface area contributed by atoms with E-state index in [1.807, 2.05) is 0 Å². The Kier molecular flexibility index (Phi) is 3.36. The Labute approximate surface area is 104 Å². The lowest BCUT2D eigenvalue weighted by molar-refractivity contribution is 0.0698. The topological polar surface area (TPSA) is 92.9 Å². The zero-order chi connectivity index (χ0) is 13.1. The second-order valence-electron chi connectivity index (χ2n) is 4.08. The van der Waals surface area contributed by atoms with Gasteiger partial charge in [-0.25, -0.2) is 9.59 Å². The van der Waals surface area contributed by atoms with Gasteiger partial charge in [-0.1, -0.05) is 6.07 Å². The van der Waals surface area contributed by atoms with Crippen molar-refractivity contribution in [2.45, 2.75) is 6.42 Å². The summed E-state index contributed by atoms with van der Waals surface area (Å²) in [6.45, 7) is 1.52. The van der Waals surface area contributed by atoms with E-state index in [0.29, 0.717) is 26.1 Å². The summed E-state index contributed by atoms with van der Waals surface area (Å²) in [5, 5.41) is 8.95. The van der Waals surface area contributed by atoms with Crippen molar-refractivity contribution in [2.24, 2.45) is 0 Å². The fourth-order valence-electron chi connectivity index (χ4n) is 1.84. The lowest BCUT2D eigenvalue weighted by atomic mass is 10.1. The Bertz CT molecular complexity index is 487. The maximum absolute atomic E-state index is 11.2. The van der Waals surface area contributed by atoms with Crippen molar-refractivity contribution >= 4 is 17.7 Å². The Morgan fingerprint density at radius 2 is 2.28 bits per heavy atom. The maximum atomic E-state index is 11.2. The van der Waals surface area contributed by atoms with Gasteiger partial charge in [-0.2, -0.15) is 0 Å². The Balaban J connectivity index is 2.03. The number of anilines is 1. The summed E-state index contributed by atoms with van der Waals surface area (Å²) in [6, 6.07) is 4.88. The smallest absolute Gasteiger partial charge is 0.409 e. The summed E-state index contributed by atoms with van der Waals surface area (Å²) in [4.78, 5) is 23.7. The first-order chi connectivity index (χ1) is 8.58. The number of hydrogen-bond donors (Lipinski definition) is 2. The van der Waals surface area contributed by atoms with Gasteiger partial charge in [0, 0.05) is 12.2 Å². The third-order valence-corrected chi connectivity index (χ3v) is 2.86. The van der Waals surface area contributed by atoms with E-state index in [1.54, 1.807) is 23.1 Å². The minimum absolute atomic E-state index is 0.0940. The molecule has 0 aliphatic carbocycles. The average molecular weight is 250 g/mol. The second-order valence-corrected chi connectivity index (χ2v) is 4.08. The molecule has 1 aromatic carbocycles. The van der Waals surface area contributed by atoms with Crippen LogP contribution in [0.3, 0.4) is 0 Å². The summed E-state index contributed by atoms with van der Waals surface area (Å²) >= 11 is 0. The molecule has 1 saturated heterocycles. The predicted molar refractivity (Wildman–Crippen MR) is 64.4 cm³/mol. The van der Waals surface area contributed by atoms with Crippen LogP contribution in [0.1, 0.15) is 15.9 Å². The van der Waals surface area contributed by atoms with E-state index in [-0.39, 0.29) is 17.3 Å². The molecule has 0 unspecified atom stereocenters. The maximum Gasteiger partial charge on any atom is 0.409 e. The van der Waals surface area contributed by atoms with E-state index < -0.39 is 5.97 Å². The number of hydrogen-bond acceptors (Lipinski definition) is 4. The first-order valence-corrected chi connectivity index (χ1v) is 5.61. The van der Waals surface area contributed by atoms with Crippen molar-refractivity contribution in [3.8, 4) is 0 Å². The van der Waals surface area contributed by atoms with Crippen LogP contribution >= 0.6 is 0 Å². The van der Waals surface area contributed by atoms with Crippen LogP contribution < -0.4 is 5.73 Å². The number of ether oxygens (including phenoxy) is 1. The minimum Gasteiger partial charge on any atom is -0.478 e. The molecule has 0 atom stereocenters. The van der Waals surface area contributed by atoms with Gasteiger partial charge in [-0.15, -0.1) is 0 Å². The molecular weight excluding hydrogens is 236 g/mol. The van der Waals surface area contributed by atoms with Crippen molar-refractivity contribution in [1.82, 2.24) is 4.90 Å². The monoisotopic (exact) mass is 250 g/mol. The third-order valence-electron chi connectivity index (χ3n) is 2.86. The molecule has 2 rings (SSSR count). The van der Waals surface area contributed by atoms with Crippen molar-refractivity contribution in [3.63, 3.8) is 0 Å². The first-order valence-electron chi connectivity index (χ1n) is 5.61. The highest BCUT2D eigenvalue weighted by Crippen LogP contribution is 2.15. The predicted octanol–water partition coefficient (Wildman–Crippen LogP) is 0.962. The van der Waals surface area contributed by atoms with Crippen LogP contribution in [-0.4, -0.2) is 41.8 Å². The number of rotatable bonds is 4. The van der Waals surface area contributed by atoms with Crippen molar-refractivity contribution in [1.29, 1.82) is 0 Å². The molecule has 1 heterocycles. The van der Waals surface area contributed by atoms with Crippen LogP contribution in [0.4, 0.5) is 10.5 Å². The molecule has 0 saturated carbocycles. The van der Waals surface area contributed by atoms with Crippen molar-refractivity contribution < 1.29 is 19.4 Å². The van der Waals surface area contributed by atoms with Gasteiger partial charge in [0.25, 0.3) is 0 Å². The lowest BCUT2D eigenvalue weighted by Gasteiger charge is -2.12. The normalized spacial score (nSPS) is 14.7. The molecule has 1 aliphatic heterocycles. The number of carboxylic acids is 1. The van der Waals surface area contributed by atoms with E-state index >= 15 is 0 Å². The number of benzene rings is 1. The number of nitrogens with two attached hydrogens (primary N) is 1. The molecule has 96 valence electrons. The summed E-state index contributed by atoms with van der Waals surface area (Å²) in [7, 11) is 0. The first kappa shape index (κ1) is 12.2. The number of nitrogens with zero attached hydrogens (tertiary/aromatic N) is 1. The van der Waals surface area contributed by atoms with Gasteiger partial charge >= 0.3 is 12.1 Å². The largest absolute Gasteiger partial charge is 0.478 e. The number of carboxylic acid groups (broad SMARTS) is 1. The van der Waals surface area contributed by atoms with Crippen LogP contribution in [0.5, 0.6) is 0 Å². The van der Waals surface area contributed by atoms with Crippen LogP contribution in [0.25, 0.3) is 0 Å². The molecule has 1 aromatic rings. The molecule has 6 heteroatoms. The molecule has 1 amide bonds. The molecule has 1 aliphatic rings. The number of aromatic carboxylic acids is 1. The Hall–Kier alpha value is -2.24. The van der Waals surface area contributed by atoms with Gasteiger partial charge < -0.3 is 20.5 Å². The number of amides is 1.